The molecule has 2 aromatic rings. The van der Waals surface area contributed by atoms with Crippen molar-refractivity contribution in [2.75, 3.05) is 23.4 Å². The van der Waals surface area contributed by atoms with Crippen molar-refractivity contribution in [3.63, 3.8) is 0 Å². The van der Waals surface area contributed by atoms with Crippen LogP contribution in [0.1, 0.15) is 39.5 Å². The van der Waals surface area contributed by atoms with Gasteiger partial charge in [-0.2, -0.15) is 0 Å². The highest BCUT2D eigenvalue weighted by atomic mass is 32.2. The maximum atomic E-state index is 11.9. The summed E-state index contributed by atoms with van der Waals surface area (Å²) in [4.78, 5) is 13.2. The van der Waals surface area contributed by atoms with Gasteiger partial charge in [0.05, 0.1) is 0 Å². The molecule has 3 rings (SSSR count). The highest BCUT2D eigenvalue weighted by Crippen LogP contribution is 2.26. The van der Waals surface area contributed by atoms with E-state index in [2.05, 4.69) is 25.6 Å². The van der Waals surface area contributed by atoms with E-state index in [1.807, 2.05) is 13.8 Å². The summed E-state index contributed by atoms with van der Waals surface area (Å²) in [5.74, 6) is 1.49. The van der Waals surface area contributed by atoms with E-state index in [9.17, 15) is 8.42 Å². The summed E-state index contributed by atoms with van der Waals surface area (Å²) in [6, 6.07) is 1.88. The van der Waals surface area contributed by atoms with Gasteiger partial charge in [0.15, 0.2) is 20.7 Å². The topological polar surface area (TPSA) is 123 Å². The quantitative estimate of drug-likeness (QED) is 0.683. The molecule has 2 aromatic heterocycles. The van der Waals surface area contributed by atoms with Crippen LogP contribution in [0.15, 0.2) is 17.3 Å². The molecule has 2 heterocycles. The van der Waals surface area contributed by atoms with Crippen LogP contribution in [-0.4, -0.2) is 48.3 Å². The number of fused-ring (bicyclic) bond motifs is 1. The Bertz CT molecular complexity index is 915. The summed E-state index contributed by atoms with van der Waals surface area (Å²) >= 11 is 0. The smallest absolute Gasteiger partial charge is 0.223 e. The minimum Gasteiger partial charge on any atom is -0.366 e. The van der Waals surface area contributed by atoms with E-state index in [0.29, 0.717) is 28.6 Å². The van der Waals surface area contributed by atoms with Crippen LogP contribution < -0.4 is 16.4 Å². The molecule has 1 aliphatic rings. The monoisotopic (exact) mass is 392 g/mol. The van der Waals surface area contributed by atoms with Crippen LogP contribution in [-0.2, 0) is 9.84 Å². The summed E-state index contributed by atoms with van der Waals surface area (Å²) in [7, 11) is -3.43. The molecule has 1 unspecified atom stereocenters. The second-order valence-corrected chi connectivity index (χ2v) is 9.65. The Morgan fingerprint density at radius 3 is 2.74 bits per heavy atom. The predicted molar refractivity (Wildman–Crippen MR) is 108 cm³/mol. The van der Waals surface area contributed by atoms with Gasteiger partial charge in [-0.15, -0.1) is 0 Å². The Morgan fingerprint density at radius 1 is 1.30 bits per heavy atom. The molecule has 1 saturated carbocycles. The lowest BCUT2D eigenvalue weighted by Gasteiger charge is -2.26. The third-order valence-corrected chi connectivity index (χ3v) is 5.69. The van der Waals surface area contributed by atoms with E-state index in [1.165, 1.54) is 6.07 Å². The van der Waals surface area contributed by atoms with E-state index < -0.39 is 9.84 Å². The molecule has 9 heteroatoms. The van der Waals surface area contributed by atoms with Gasteiger partial charge in [0.2, 0.25) is 5.95 Å². The lowest BCUT2D eigenvalue weighted by atomic mass is 9.86. The van der Waals surface area contributed by atoms with Crippen molar-refractivity contribution in [3.8, 4) is 0 Å². The van der Waals surface area contributed by atoms with Crippen LogP contribution in [0.25, 0.3) is 10.9 Å². The van der Waals surface area contributed by atoms with Crippen LogP contribution in [0, 0.1) is 5.92 Å². The number of nitrogens with one attached hydrogen (secondary N) is 2. The number of sulfone groups is 1. The van der Waals surface area contributed by atoms with Crippen LogP contribution >= 0.6 is 0 Å². The first-order valence-electron chi connectivity index (χ1n) is 9.36. The minimum absolute atomic E-state index is 0.0126. The highest BCUT2D eigenvalue weighted by Gasteiger charge is 2.20. The van der Waals surface area contributed by atoms with Crippen molar-refractivity contribution in [2.24, 2.45) is 11.7 Å². The van der Waals surface area contributed by atoms with Crippen molar-refractivity contribution < 1.29 is 8.42 Å². The first-order valence-corrected chi connectivity index (χ1v) is 11.3. The van der Waals surface area contributed by atoms with Crippen molar-refractivity contribution >= 4 is 32.5 Å². The second-order valence-electron chi connectivity index (χ2n) is 7.69. The summed E-state index contributed by atoms with van der Waals surface area (Å²) in [6.45, 7) is 4.71. The van der Waals surface area contributed by atoms with E-state index in [4.69, 9.17) is 5.73 Å². The second kappa shape index (κ2) is 7.93. The molecule has 0 bridgehead atoms. The van der Waals surface area contributed by atoms with Gasteiger partial charge >= 0.3 is 0 Å². The van der Waals surface area contributed by atoms with Crippen LogP contribution in [0.3, 0.4) is 0 Å². The number of hydrogen-bond donors (Lipinski definition) is 3. The molecule has 1 fully saturated rings. The van der Waals surface area contributed by atoms with Crippen molar-refractivity contribution in [1.29, 1.82) is 0 Å². The molecule has 0 saturated heterocycles. The first kappa shape index (κ1) is 19.8. The predicted octanol–water partition coefficient (Wildman–Crippen LogP) is 2.18. The maximum absolute atomic E-state index is 11.9. The third kappa shape index (κ3) is 5.04. The van der Waals surface area contributed by atoms with Crippen LogP contribution in [0.4, 0.5) is 11.8 Å². The molecule has 0 radical (unpaired) electrons. The SMILES string of the molecule is CC(C)Nc1nc(S(C)(=O)=O)cc2cnc(NCC3CCC[C@@H](N)C3)nc12. The Hall–Kier alpha value is -2.00. The third-order valence-electron chi connectivity index (χ3n) is 4.72. The Morgan fingerprint density at radius 2 is 2.07 bits per heavy atom. The molecular weight excluding hydrogens is 364 g/mol. The largest absolute Gasteiger partial charge is 0.366 e. The van der Waals surface area contributed by atoms with Crippen molar-refractivity contribution in [2.45, 2.75) is 56.6 Å². The van der Waals surface area contributed by atoms with E-state index >= 15 is 0 Å². The lowest BCUT2D eigenvalue weighted by Crippen LogP contribution is -2.31. The van der Waals surface area contributed by atoms with Gasteiger partial charge in [0.1, 0.15) is 5.52 Å². The van der Waals surface area contributed by atoms with Gasteiger partial charge in [0, 0.05) is 36.5 Å². The number of pyridine rings is 1. The van der Waals surface area contributed by atoms with E-state index in [0.717, 1.165) is 38.5 Å². The van der Waals surface area contributed by atoms with Crippen molar-refractivity contribution in [3.05, 3.63) is 12.3 Å². The molecule has 1 aliphatic carbocycles. The fourth-order valence-electron chi connectivity index (χ4n) is 3.42. The summed E-state index contributed by atoms with van der Waals surface area (Å²) in [5.41, 5.74) is 6.66. The summed E-state index contributed by atoms with van der Waals surface area (Å²) < 4.78 is 23.9. The minimum atomic E-state index is -3.43. The molecular formula is C18H28N6O2S. The summed E-state index contributed by atoms with van der Waals surface area (Å²) in [6.07, 6.45) is 7.22. The average molecular weight is 393 g/mol. The number of nitrogens with two attached hydrogens (primary N) is 1. The van der Waals surface area contributed by atoms with Gasteiger partial charge in [-0.1, -0.05) is 6.42 Å². The number of rotatable bonds is 6. The zero-order valence-corrected chi connectivity index (χ0v) is 16.9. The van der Waals surface area contributed by atoms with Gasteiger partial charge in [0.25, 0.3) is 0 Å². The molecule has 0 amide bonds. The fourth-order valence-corrected chi connectivity index (χ4v) is 4.02. The molecule has 8 nitrogen and oxygen atoms in total. The molecule has 27 heavy (non-hydrogen) atoms. The van der Waals surface area contributed by atoms with Crippen LogP contribution in [0.2, 0.25) is 0 Å². The first-order chi connectivity index (χ1) is 12.7. The molecule has 0 aliphatic heterocycles. The molecule has 0 aromatic carbocycles. The number of nitrogens with zero attached hydrogens (tertiary/aromatic N) is 3. The molecule has 0 spiro atoms. The Balaban J connectivity index is 1.88. The molecule has 4 N–H and O–H groups in total. The van der Waals surface area contributed by atoms with Gasteiger partial charge in [-0.05, 0) is 45.1 Å². The lowest BCUT2D eigenvalue weighted by molar-refractivity contribution is 0.334. The zero-order valence-electron chi connectivity index (χ0n) is 16.1. The molecule has 148 valence electrons. The van der Waals surface area contributed by atoms with Gasteiger partial charge in [-0.25, -0.2) is 23.4 Å². The number of hydrogen-bond acceptors (Lipinski definition) is 8. The highest BCUT2D eigenvalue weighted by molar-refractivity contribution is 7.90. The van der Waals surface area contributed by atoms with Crippen LogP contribution in [0.5, 0.6) is 0 Å². The molecule has 2 atom stereocenters. The normalized spacial score (nSPS) is 20.8. The Labute approximate surface area is 160 Å². The fraction of sp³-hybridized carbons (Fsp3) is 0.611. The summed E-state index contributed by atoms with van der Waals surface area (Å²) in [5, 5.41) is 7.14. The van der Waals surface area contributed by atoms with Gasteiger partial charge in [-0.3, -0.25) is 0 Å². The standard InChI is InChI=1S/C18H28N6O2S/c1-11(2)22-17-16-13(8-15(23-17)27(3,25)26)10-21-18(24-16)20-9-12-5-4-6-14(19)7-12/h8,10-12,14H,4-7,9,19H2,1-3H3,(H,22,23)(H,20,21,24)/t12?,14-/m1/s1. The number of aromatic nitrogens is 3. The van der Waals surface area contributed by atoms with E-state index in [1.54, 1.807) is 6.20 Å². The van der Waals surface area contributed by atoms with E-state index in [-0.39, 0.29) is 17.1 Å². The zero-order chi connectivity index (χ0) is 19.6. The number of anilines is 2. The van der Waals surface area contributed by atoms with Gasteiger partial charge < -0.3 is 16.4 Å². The average Bonchev–Trinajstić information content (AvgIpc) is 2.58. The van der Waals surface area contributed by atoms with Crippen molar-refractivity contribution in [1.82, 2.24) is 15.0 Å². The maximum Gasteiger partial charge on any atom is 0.223 e. The Kier molecular flexibility index (Phi) is 5.81.